The van der Waals surface area contributed by atoms with Crippen LogP contribution in [0.25, 0.3) is 5.03 Å². The Kier molecular flexibility index (Phi) is 9.88. The van der Waals surface area contributed by atoms with E-state index in [0.717, 1.165) is 40.5 Å². The van der Waals surface area contributed by atoms with E-state index in [0.29, 0.717) is 22.9 Å². The summed E-state index contributed by atoms with van der Waals surface area (Å²) in [7, 11) is 0. The molecular weight excluding hydrogens is 541 g/mol. The summed E-state index contributed by atoms with van der Waals surface area (Å²) in [6, 6.07) is 9.40. The molecule has 3 rings (SSSR count). The molecule has 2 heterocycles. The fourth-order valence-electron chi connectivity index (χ4n) is 4.20. The molecule has 0 aliphatic carbocycles. The van der Waals surface area contributed by atoms with Crippen molar-refractivity contribution < 1.29 is 23.9 Å². The Morgan fingerprint density at radius 2 is 1.64 bits per heavy atom. The van der Waals surface area contributed by atoms with Gasteiger partial charge < -0.3 is 14.3 Å². The van der Waals surface area contributed by atoms with E-state index in [9.17, 15) is 9.59 Å². The van der Waals surface area contributed by atoms with Crippen molar-refractivity contribution in [3.8, 4) is 0 Å². The number of unbranched alkanes of at least 4 members (excludes halogenated alkanes) is 3. The van der Waals surface area contributed by atoms with Gasteiger partial charge in [-0.2, -0.15) is 0 Å². The van der Waals surface area contributed by atoms with Gasteiger partial charge in [-0.15, -0.1) is 5.06 Å². The van der Waals surface area contributed by atoms with E-state index < -0.39 is 29.0 Å². The molecule has 1 atom stereocenters. The highest BCUT2D eigenvalue weighted by Crippen LogP contribution is 2.42. The molecule has 1 unspecified atom stereocenters. The van der Waals surface area contributed by atoms with Crippen LogP contribution in [-0.2, 0) is 19.9 Å². The Bertz CT molecular complexity index is 1290. The average Bonchev–Trinajstić information content (AvgIpc) is 3.11. The van der Waals surface area contributed by atoms with Gasteiger partial charge in [-0.1, -0.05) is 48.5 Å². The minimum absolute atomic E-state index is 0.170. The summed E-state index contributed by atoms with van der Waals surface area (Å²) >= 11 is 13.2. The lowest BCUT2D eigenvalue weighted by molar-refractivity contribution is -0.136. The number of halogens is 2. The van der Waals surface area contributed by atoms with Crippen molar-refractivity contribution in [3.63, 3.8) is 0 Å². The number of hydrogen-bond donors (Lipinski definition) is 0. The van der Waals surface area contributed by atoms with E-state index in [1.165, 1.54) is 0 Å². The van der Waals surface area contributed by atoms with Gasteiger partial charge >= 0.3 is 12.2 Å². The SMILES string of the molecule is CC(C)(C)OC(=O)ON(CCCCCCC1(c2cccnc2)N=c2ccc(Cl)cc2=C1Cl)C(=O)OC(C)(C)C. The molecule has 212 valence electrons. The Morgan fingerprint density at radius 3 is 2.28 bits per heavy atom. The molecule has 0 spiro atoms. The van der Waals surface area contributed by atoms with Crippen molar-refractivity contribution >= 4 is 40.5 Å². The van der Waals surface area contributed by atoms with Crippen molar-refractivity contribution in [1.82, 2.24) is 10.0 Å². The summed E-state index contributed by atoms with van der Waals surface area (Å²) in [5.41, 5.74) is -1.31. The smallest absolute Gasteiger partial charge is 0.442 e. The zero-order valence-corrected chi connectivity index (χ0v) is 24.9. The summed E-state index contributed by atoms with van der Waals surface area (Å²) in [6.07, 6.45) is 5.51. The molecule has 0 saturated heterocycles. The first-order valence-corrected chi connectivity index (χ1v) is 13.8. The van der Waals surface area contributed by atoms with Gasteiger partial charge in [0.1, 0.15) is 16.7 Å². The summed E-state index contributed by atoms with van der Waals surface area (Å²) in [6.45, 7) is 10.6. The highest BCUT2D eigenvalue weighted by molar-refractivity contribution is 6.47. The van der Waals surface area contributed by atoms with Gasteiger partial charge in [0, 0.05) is 28.2 Å². The second-order valence-corrected chi connectivity index (χ2v) is 12.3. The Balaban J connectivity index is 1.63. The number of benzene rings is 1. The van der Waals surface area contributed by atoms with Crippen LogP contribution in [0.2, 0.25) is 5.02 Å². The molecule has 1 amide bonds. The molecule has 10 heteroatoms. The highest BCUT2D eigenvalue weighted by atomic mass is 35.5. The fourth-order valence-corrected chi connectivity index (χ4v) is 4.77. The van der Waals surface area contributed by atoms with Crippen LogP contribution in [0.4, 0.5) is 9.59 Å². The number of amides is 1. The number of carbonyl (C=O) groups is 2. The molecule has 0 radical (unpaired) electrons. The maximum atomic E-state index is 12.6. The summed E-state index contributed by atoms with van der Waals surface area (Å²) in [5, 5.41) is 3.80. The highest BCUT2D eigenvalue weighted by Gasteiger charge is 2.38. The molecule has 1 aromatic heterocycles. The normalized spacial score (nSPS) is 16.8. The third-order valence-corrected chi connectivity index (χ3v) is 6.58. The van der Waals surface area contributed by atoms with Gasteiger partial charge in [-0.25, -0.2) is 9.59 Å². The van der Waals surface area contributed by atoms with Crippen molar-refractivity contribution in [2.75, 3.05) is 6.54 Å². The molecule has 0 bridgehead atoms. The zero-order valence-electron chi connectivity index (χ0n) is 23.4. The predicted octanol–water partition coefficient (Wildman–Crippen LogP) is 6.67. The first-order chi connectivity index (χ1) is 18.2. The summed E-state index contributed by atoms with van der Waals surface area (Å²) < 4.78 is 10.6. The van der Waals surface area contributed by atoms with E-state index in [-0.39, 0.29) is 6.54 Å². The van der Waals surface area contributed by atoms with E-state index >= 15 is 0 Å². The average molecular weight is 579 g/mol. The van der Waals surface area contributed by atoms with Crippen LogP contribution in [0.3, 0.4) is 0 Å². The first kappa shape index (κ1) is 30.7. The molecule has 39 heavy (non-hydrogen) atoms. The van der Waals surface area contributed by atoms with Crippen LogP contribution in [-0.4, -0.2) is 40.0 Å². The van der Waals surface area contributed by atoms with E-state index in [1.807, 2.05) is 30.3 Å². The maximum absolute atomic E-state index is 12.6. The third kappa shape index (κ3) is 8.57. The van der Waals surface area contributed by atoms with E-state index in [1.54, 1.807) is 53.9 Å². The molecule has 1 aliphatic rings. The number of rotatable bonds is 8. The number of hydroxylamine groups is 2. The standard InChI is InChI=1S/C29H37Cl2N3O5/c1-27(2,3)37-25(35)34(39-26(36)38-28(4,5)6)17-10-8-7-9-15-29(20-12-11-16-32-19-20)24(31)22-18-21(30)13-14-23(22)33-29/h11-14,16,18-19H,7-10,15,17H2,1-6H3. The minimum atomic E-state index is -0.959. The Hall–Kier alpha value is -2.84. The third-order valence-electron chi connectivity index (χ3n) is 5.83. The lowest BCUT2D eigenvalue weighted by Gasteiger charge is -2.28. The maximum Gasteiger partial charge on any atom is 0.534 e. The number of aromatic nitrogens is 1. The number of hydrogen-bond acceptors (Lipinski definition) is 7. The quantitative estimate of drug-likeness (QED) is 0.198. The molecule has 0 N–H and O–H groups in total. The Labute approximate surface area is 239 Å². The molecule has 0 fully saturated rings. The van der Waals surface area contributed by atoms with Crippen molar-refractivity contribution in [1.29, 1.82) is 0 Å². The number of ether oxygens (including phenoxy) is 2. The lowest BCUT2D eigenvalue weighted by Crippen LogP contribution is -2.40. The number of pyridine rings is 1. The van der Waals surface area contributed by atoms with Crippen LogP contribution in [0.5, 0.6) is 0 Å². The van der Waals surface area contributed by atoms with Gasteiger partial charge in [-0.05, 0) is 78.6 Å². The largest absolute Gasteiger partial charge is 0.534 e. The molecule has 1 aromatic carbocycles. The first-order valence-electron chi connectivity index (χ1n) is 13.1. The topological polar surface area (TPSA) is 90.3 Å². The number of fused-ring (bicyclic) bond motifs is 1. The second-order valence-electron chi connectivity index (χ2n) is 11.5. The number of nitrogens with zero attached hydrogens (tertiary/aromatic N) is 3. The van der Waals surface area contributed by atoms with E-state index in [2.05, 4.69) is 4.98 Å². The van der Waals surface area contributed by atoms with Crippen LogP contribution in [0.1, 0.15) is 79.2 Å². The molecule has 0 saturated carbocycles. The van der Waals surface area contributed by atoms with Crippen LogP contribution in [0.15, 0.2) is 47.7 Å². The Morgan fingerprint density at radius 1 is 0.949 bits per heavy atom. The van der Waals surface area contributed by atoms with Crippen molar-refractivity contribution in [3.05, 3.63) is 63.9 Å². The van der Waals surface area contributed by atoms with Gasteiger partial charge in [0.25, 0.3) is 0 Å². The molecule has 8 nitrogen and oxygen atoms in total. The van der Waals surface area contributed by atoms with Crippen LogP contribution < -0.4 is 10.6 Å². The minimum Gasteiger partial charge on any atom is -0.442 e. The van der Waals surface area contributed by atoms with Gasteiger partial charge in [-0.3, -0.25) is 9.98 Å². The van der Waals surface area contributed by atoms with Gasteiger partial charge in [0.2, 0.25) is 0 Å². The van der Waals surface area contributed by atoms with Gasteiger partial charge in [0.05, 0.1) is 16.9 Å². The number of carbonyl (C=O) groups excluding carboxylic acids is 2. The predicted molar refractivity (Wildman–Crippen MR) is 151 cm³/mol. The van der Waals surface area contributed by atoms with Crippen molar-refractivity contribution in [2.24, 2.45) is 4.99 Å². The monoisotopic (exact) mass is 577 g/mol. The lowest BCUT2D eigenvalue weighted by atomic mass is 9.86. The molecule has 1 aliphatic heterocycles. The van der Waals surface area contributed by atoms with Crippen LogP contribution >= 0.6 is 23.2 Å². The summed E-state index contributed by atoms with van der Waals surface area (Å²) in [5.74, 6) is 0. The fraction of sp³-hybridized carbons (Fsp3) is 0.517. The van der Waals surface area contributed by atoms with Crippen LogP contribution in [0, 0.1) is 0 Å². The molecule has 2 aromatic rings. The zero-order chi connectivity index (χ0) is 28.8. The second kappa shape index (κ2) is 12.6. The van der Waals surface area contributed by atoms with Gasteiger partial charge in [0.15, 0.2) is 0 Å². The summed E-state index contributed by atoms with van der Waals surface area (Å²) in [4.78, 5) is 39.4. The van der Waals surface area contributed by atoms with Crippen molar-refractivity contribution in [2.45, 2.75) is 90.4 Å². The molecular formula is C29H37Cl2N3O5. The van der Waals surface area contributed by atoms with E-state index in [4.69, 9.17) is 42.5 Å².